The molecule has 0 atom stereocenters. The SMILES string of the molecule is CCOC(=O)N1CCN(C(=O)c2ccc(Nc3ncc(F)c(-c4ccc5scnc5c4)n3)nc2)CC1. The number of fused-ring (bicyclic) bond motifs is 1. The van der Waals surface area contributed by atoms with E-state index in [0.29, 0.717) is 49.7 Å². The van der Waals surface area contributed by atoms with Crippen LogP contribution in [0.1, 0.15) is 17.3 Å². The van der Waals surface area contributed by atoms with Crippen molar-refractivity contribution in [1.82, 2.24) is 29.7 Å². The zero-order chi connectivity index (χ0) is 25.1. The fourth-order valence-electron chi connectivity index (χ4n) is 3.83. The summed E-state index contributed by atoms with van der Waals surface area (Å²) in [7, 11) is 0. The highest BCUT2D eigenvalue weighted by molar-refractivity contribution is 7.16. The molecule has 1 N–H and O–H groups in total. The summed E-state index contributed by atoms with van der Waals surface area (Å²) in [6, 6.07) is 8.74. The number of pyridine rings is 1. The number of thiazole rings is 1. The summed E-state index contributed by atoms with van der Waals surface area (Å²) >= 11 is 1.51. The number of carbonyl (C=O) groups excluding carboxylic acids is 2. The molecule has 5 rings (SSSR count). The van der Waals surface area contributed by atoms with Crippen molar-refractivity contribution in [2.45, 2.75) is 6.92 Å². The van der Waals surface area contributed by atoms with Crippen LogP contribution in [0.5, 0.6) is 0 Å². The number of nitrogens with one attached hydrogen (secondary N) is 1. The normalized spacial score (nSPS) is 13.6. The van der Waals surface area contributed by atoms with Crippen molar-refractivity contribution in [3.8, 4) is 11.3 Å². The Balaban J connectivity index is 1.25. The minimum Gasteiger partial charge on any atom is -0.450 e. The Morgan fingerprint density at radius 3 is 2.61 bits per heavy atom. The topological polar surface area (TPSA) is 113 Å². The number of aromatic nitrogens is 4. The number of benzene rings is 1. The average molecular weight is 508 g/mol. The van der Waals surface area contributed by atoms with E-state index in [4.69, 9.17) is 4.74 Å². The quantitative estimate of drug-likeness (QED) is 0.432. The standard InChI is InChI=1S/C24H22FN7O3S/c1-2-35-24(34)32-9-7-31(8-10-32)22(33)16-4-6-20(26-12-16)29-23-27-13-17(25)21(30-23)15-3-5-19-18(11-15)28-14-36-19/h3-6,11-14H,2,7-10H2,1H3,(H,26,27,29,30). The number of carbonyl (C=O) groups is 2. The Bertz CT molecular complexity index is 1400. The van der Waals surface area contributed by atoms with Crippen LogP contribution in [-0.4, -0.2) is 74.5 Å². The lowest BCUT2D eigenvalue weighted by Crippen LogP contribution is -2.50. The van der Waals surface area contributed by atoms with Crippen LogP contribution < -0.4 is 5.32 Å². The van der Waals surface area contributed by atoms with E-state index in [2.05, 4.69) is 25.3 Å². The molecule has 1 saturated heterocycles. The Morgan fingerprint density at radius 1 is 1.06 bits per heavy atom. The maximum absolute atomic E-state index is 14.5. The molecule has 1 aliphatic rings. The number of piperazine rings is 1. The third kappa shape index (κ3) is 4.93. The van der Waals surface area contributed by atoms with Crippen LogP contribution in [-0.2, 0) is 4.74 Å². The van der Waals surface area contributed by atoms with Crippen LogP contribution in [0.2, 0.25) is 0 Å². The predicted molar refractivity (Wildman–Crippen MR) is 133 cm³/mol. The average Bonchev–Trinajstić information content (AvgIpc) is 3.38. The molecule has 1 fully saturated rings. The third-order valence-corrected chi connectivity index (χ3v) is 6.50. The van der Waals surface area contributed by atoms with Crippen molar-refractivity contribution in [2.75, 3.05) is 38.1 Å². The number of nitrogens with zero attached hydrogens (tertiary/aromatic N) is 6. The van der Waals surface area contributed by atoms with E-state index in [1.165, 1.54) is 17.5 Å². The Morgan fingerprint density at radius 2 is 1.86 bits per heavy atom. The summed E-state index contributed by atoms with van der Waals surface area (Å²) < 4.78 is 20.5. The first kappa shape index (κ1) is 23.5. The molecule has 0 bridgehead atoms. The maximum atomic E-state index is 14.5. The largest absolute Gasteiger partial charge is 0.450 e. The lowest BCUT2D eigenvalue weighted by molar-refractivity contribution is 0.0570. The molecule has 0 saturated carbocycles. The molecule has 0 unspecified atom stereocenters. The first-order chi connectivity index (χ1) is 17.5. The van der Waals surface area contributed by atoms with Gasteiger partial charge in [0.1, 0.15) is 11.5 Å². The van der Waals surface area contributed by atoms with Crippen LogP contribution >= 0.6 is 11.3 Å². The molecule has 184 valence electrons. The van der Waals surface area contributed by atoms with Gasteiger partial charge in [-0.2, -0.15) is 0 Å². The summed E-state index contributed by atoms with van der Waals surface area (Å²) in [5, 5.41) is 2.95. The van der Waals surface area contributed by atoms with Gasteiger partial charge in [0, 0.05) is 37.9 Å². The fourth-order valence-corrected chi connectivity index (χ4v) is 4.49. The number of amides is 2. The molecular formula is C24H22FN7O3S. The minimum atomic E-state index is -0.549. The van der Waals surface area contributed by atoms with Gasteiger partial charge in [-0.15, -0.1) is 11.3 Å². The molecule has 0 radical (unpaired) electrons. The fraction of sp³-hybridized carbons (Fsp3) is 0.250. The number of hydrogen-bond donors (Lipinski definition) is 1. The molecule has 12 heteroatoms. The third-order valence-electron chi connectivity index (χ3n) is 5.69. The van der Waals surface area contributed by atoms with Crippen LogP contribution in [0.15, 0.2) is 48.2 Å². The van der Waals surface area contributed by atoms with E-state index >= 15 is 0 Å². The van der Waals surface area contributed by atoms with E-state index in [1.807, 2.05) is 6.07 Å². The van der Waals surface area contributed by atoms with Crippen molar-refractivity contribution >= 4 is 45.3 Å². The van der Waals surface area contributed by atoms with Crippen LogP contribution in [0.25, 0.3) is 21.5 Å². The Kier molecular flexibility index (Phi) is 6.67. The summed E-state index contributed by atoms with van der Waals surface area (Å²) in [6.45, 7) is 3.73. The molecule has 36 heavy (non-hydrogen) atoms. The number of rotatable bonds is 5. The molecule has 0 spiro atoms. The lowest BCUT2D eigenvalue weighted by Gasteiger charge is -2.34. The second-order valence-electron chi connectivity index (χ2n) is 7.96. The molecule has 0 aliphatic carbocycles. The molecule has 4 heterocycles. The highest BCUT2D eigenvalue weighted by atomic mass is 32.1. The molecule has 4 aromatic rings. The van der Waals surface area contributed by atoms with Gasteiger partial charge in [-0.25, -0.2) is 29.1 Å². The highest BCUT2D eigenvalue weighted by Gasteiger charge is 2.25. The molecule has 10 nitrogen and oxygen atoms in total. The smallest absolute Gasteiger partial charge is 0.409 e. The maximum Gasteiger partial charge on any atom is 0.409 e. The molecule has 2 amide bonds. The number of ether oxygens (including phenoxy) is 1. The van der Waals surface area contributed by atoms with Crippen LogP contribution in [0.3, 0.4) is 0 Å². The van der Waals surface area contributed by atoms with Gasteiger partial charge in [0.15, 0.2) is 5.82 Å². The van der Waals surface area contributed by atoms with Crippen molar-refractivity contribution in [3.63, 3.8) is 0 Å². The molecule has 3 aromatic heterocycles. The van der Waals surface area contributed by atoms with Gasteiger partial charge in [0.2, 0.25) is 5.95 Å². The summed E-state index contributed by atoms with van der Waals surface area (Å²) in [5.41, 5.74) is 3.67. The van der Waals surface area contributed by atoms with Gasteiger partial charge in [0.25, 0.3) is 5.91 Å². The van der Waals surface area contributed by atoms with E-state index in [9.17, 15) is 14.0 Å². The van der Waals surface area contributed by atoms with Crippen molar-refractivity contribution < 1.29 is 18.7 Å². The van der Waals surface area contributed by atoms with Gasteiger partial charge >= 0.3 is 6.09 Å². The van der Waals surface area contributed by atoms with Crippen molar-refractivity contribution in [3.05, 3.63) is 59.6 Å². The van der Waals surface area contributed by atoms with Gasteiger partial charge in [-0.1, -0.05) is 6.07 Å². The number of hydrogen-bond acceptors (Lipinski definition) is 9. The minimum absolute atomic E-state index is 0.149. The zero-order valence-electron chi connectivity index (χ0n) is 19.3. The van der Waals surface area contributed by atoms with Crippen LogP contribution in [0, 0.1) is 5.82 Å². The van der Waals surface area contributed by atoms with E-state index in [-0.39, 0.29) is 23.6 Å². The zero-order valence-corrected chi connectivity index (χ0v) is 20.2. The van der Waals surface area contributed by atoms with Crippen molar-refractivity contribution in [1.29, 1.82) is 0 Å². The van der Waals surface area contributed by atoms with Crippen molar-refractivity contribution in [2.24, 2.45) is 0 Å². The Labute approximate surface area is 209 Å². The van der Waals surface area contributed by atoms with E-state index in [1.54, 1.807) is 46.5 Å². The van der Waals surface area contributed by atoms with Gasteiger partial charge < -0.3 is 19.9 Å². The predicted octanol–water partition coefficient (Wildman–Crippen LogP) is 3.95. The summed E-state index contributed by atoms with van der Waals surface area (Å²) in [6.07, 6.45) is 2.20. The lowest BCUT2D eigenvalue weighted by atomic mass is 10.1. The second-order valence-corrected chi connectivity index (χ2v) is 8.85. The van der Waals surface area contributed by atoms with E-state index in [0.717, 1.165) is 16.4 Å². The van der Waals surface area contributed by atoms with Gasteiger partial charge in [-0.3, -0.25) is 4.79 Å². The molecular weight excluding hydrogens is 485 g/mol. The number of halogens is 1. The number of anilines is 2. The molecule has 1 aliphatic heterocycles. The summed E-state index contributed by atoms with van der Waals surface area (Å²) in [5.74, 6) is -0.139. The monoisotopic (exact) mass is 507 g/mol. The molecule has 1 aromatic carbocycles. The highest BCUT2D eigenvalue weighted by Crippen LogP contribution is 2.27. The van der Waals surface area contributed by atoms with Gasteiger partial charge in [0.05, 0.1) is 34.1 Å². The second kappa shape index (κ2) is 10.2. The first-order valence-corrected chi connectivity index (χ1v) is 12.2. The van der Waals surface area contributed by atoms with Crippen LogP contribution in [0.4, 0.5) is 21.0 Å². The van der Waals surface area contributed by atoms with Gasteiger partial charge in [-0.05, 0) is 31.2 Å². The Hall–Kier alpha value is -4.19. The summed E-state index contributed by atoms with van der Waals surface area (Å²) in [4.78, 5) is 44.8. The van der Waals surface area contributed by atoms with E-state index < -0.39 is 5.82 Å². The first-order valence-electron chi connectivity index (χ1n) is 11.3.